The molecule has 2 aromatic rings. The zero-order valence-corrected chi connectivity index (χ0v) is 14.0. The molecule has 1 N–H and O–H groups in total. The third-order valence-corrected chi connectivity index (χ3v) is 3.92. The molecule has 1 aromatic heterocycles. The van der Waals surface area contributed by atoms with Crippen molar-refractivity contribution in [2.75, 3.05) is 6.54 Å². The van der Waals surface area contributed by atoms with Crippen molar-refractivity contribution in [1.82, 2.24) is 14.9 Å². The number of aryl methyl sites for hydroxylation is 1. The highest BCUT2D eigenvalue weighted by molar-refractivity contribution is 6.33. The molecular weight excluding hydrogens is 305 g/mol. The predicted octanol–water partition coefficient (Wildman–Crippen LogP) is 4.69. The average Bonchev–Trinajstić information content (AvgIpc) is 2.92. The van der Waals surface area contributed by atoms with E-state index in [1.54, 1.807) is 0 Å². The molecule has 0 aliphatic heterocycles. The number of hydrogen-bond acceptors (Lipinski definition) is 2. The van der Waals surface area contributed by atoms with Crippen LogP contribution in [-0.4, -0.2) is 16.1 Å². The van der Waals surface area contributed by atoms with Crippen LogP contribution in [0.1, 0.15) is 44.1 Å². The van der Waals surface area contributed by atoms with E-state index in [2.05, 4.69) is 28.7 Å². The Labute approximate surface area is 136 Å². The van der Waals surface area contributed by atoms with Gasteiger partial charge in [0.1, 0.15) is 5.82 Å². The molecule has 0 saturated carbocycles. The van der Waals surface area contributed by atoms with Crippen molar-refractivity contribution < 1.29 is 0 Å². The Hall–Kier alpha value is -1.03. The molecular formula is C16H21Cl2N3. The fourth-order valence-corrected chi connectivity index (χ4v) is 2.78. The van der Waals surface area contributed by atoms with Gasteiger partial charge in [0.2, 0.25) is 0 Å². The van der Waals surface area contributed by atoms with Gasteiger partial charge >= 0.3 is 0 Å². The summed E-state index contributed by atoms with van der Waals surface area (Å²) in [5, 5.41) is 4.92. The smallest absolute Gasteiger partial charge is 0.130 e. The number of rotatable bonds is 7. The van der Waals surface area contributed by atoms with Crippen LogP contribution in [0.5, 0.6) is 0 Å². The van der Waals surface area contributed by atoms with Crippen LogP contribution >= 0.6 is 23.2 Å². The molecule has 5 heteroatoms. The lowest BCUT2D eigenvalue weighted by Gasteiger charge is -2.21. The number of nitrogens with one attached hydrogen (secondary N) is 1. The first kappa shape index (κ1) is 16.3. The van der Waals surface area contributed by atoms with Crippen molar-refractivity contribution >= 4 is 23.2 Å². The van der Waals surface area contributed by atoms with Crippen molar-refractivity contribution in [3.05, 3.63) is 52.0 Å². The Balaban J connectivity index is 2.42. The molecule has 0 amide bonds. The van der Waals surface area contributed by atoms with Gasteiger partial charge in [0.15, 0.2) is 0 Å². The quantitative estimate of drug-likeness (QED) is 0.800. The maximum Gasteiger partial charge on any atom is 0.130 e. The van der Waals surface area contributed by atoms with Crippen molar-refractivity contribution in [3.63, 3.8) is 0 Å². The van der Waals surface area contributed by atoms with Crippen LogP contribution in [-0.2, 0) is 6.54 Å². The summed E-state index contributed by atoms with van der Waals surface area (Å²) in [6.45, 7) is 6.14. The maximum atomic E-state index is 6.38. The second-order valence-corrected chi connectivity index (χ2v) is 5.88. The molecule has 1 heterocycles. The maximum absolute atomic E-state index is 6.38. The minimum absolute atomic E-state index is 0.0438. The summed E-state index contributed by atoms with van der Waals surface area (Å²) in [6.07, 6.45) is 5.96. The zero-order valence-electron chi connectivity index (χ0n) is 12.4. The molecule has 21 heavy (non-hydrogen) atoms. The summed E-state index contributed by atoms with van der Waals surface area (Å²) in [4.78, 5) is 4.53. The highest BCUT2D eigenvalue weighted by atomic mass is 35.5. The summed E-state index contributed by atoms with van der Waals surface area (Å²) < 4.78 is 2.17. The summed E-state index contributed by atoms with van der Waals surface area (Å²) in [7, 11) is 0. The van der Waals surface area contributed by atoms with Gasteiger partial charge in [0, 0.05) is 29.0 Å². The molecule has 0 bridgehead atoms. The topological polar surface area (TPSA) is 29.9 Å². The zero-order chi connectivity index (χ0) is 15.2. The van der Waals surface area contributed by atoms with Crippen LogP contribution < -0.4 is 5.32 Å². The number of imidazole rings is 1. The van der Waals surface area contributed by atoms with Crippen LogP contribution in [0.2, 0.25) is 10.0 Å². The molecule has 114 valence electrons. The monoisotopic (exact) mass is 325 g/mol. The van der Waals surface area contributed by atoms with Crippen LogP contribution in [0.3, 0.4) is 0 Å². The number of nitrogens with zero attached hydrogens (tertiary/aromatic N) is 2. The molecule has 0 spiro atoms. The van der Waals surface area contributed by atoms with Crippen LogP contribution in [0, 0.1) is 0 Å². The van der Waals surface area contributed by atoms with E-state index in [-0.39, 0.29) is 6.04 Å². The van der Waals surface area contributed by atoms with Gasteiger partial charge in [-0.15, -0.1) is 0 Å². The third-order valence-electron chi connectivity index (χ3n) is 3.34. The van der Waals surface area contributed by atoms with Crippen molar-refractivity contribution in [3.8, 4) is 0 Å². The minimum Gasteiger partial charge on any atom is -0.333 e. The van der Waals surface area contributed by atoms with E-state index in [0.29, 0.717) is 10.0 Å². The number of aromatic nitrogens is 2. The Morgan fingerprint density at radius 3 is 2.76 bits per heavy atom. The molecule has 0 radical (unpaired) electrons. The van der Waals surface area contributed by atoms with Crippen LogP contribution in [0.4, 0.5) is 0 Å². The lowest BCUT2D eigenvalue weighted by Crippen LogP contribution is -2.26. The SMILES string of the molecule is CCCNC(c1cc(Cl)ccc1Cl)c1nccn1CCC. The fraction of sp³-hybridized carbons (Fsp3) is 0.438. The normalized spacial score (nSPS) is 12.6. The van der Waals surface area contributed by atoms with Gasteiger partial charge in [-0.1, -0.05) is 37.0 Å². The van der Waals surface area contributed by atoms with E-state index in [1.165, 1.54) is 0 Å². The van der Waals surface area contributed by atoms with Gasteiger partial charge in [-0.3, -0.25) is 0 Å². The Morgan fingerprint density at radius 1 is 1.24 bits per heavy atom. The Morgan fingerprint density at radius 2 is 2.05 bits per heavy atom. The average molecular weight is 326 g/mol. The van der Waals surface area contributed by atoms with Crippen LogP contribution in [0.25, 0.3) is 0 Å². The molecule has 0 saturated heterocycles. The highest BCUT2D eigenvalue weighted by Crippen LogP contribution is 2.30. The first-order valence-electron chi connectivity index (χ1n) is 7.36. The number of hydrogen-bond donors (Lipinski definition) is 1. The Kier molecular flexibility index (Phi) is 6.09. The molecule has 0 aliphatic carbocycles. The van der Waals surface area contributed by atoms with Gasteiger partial charge in [0.05, 0.1) is 6.04 Å². The largest absolute Gasteiger partial charge is 0.333 e. The predicted molar refractivity (Wildman–Crippen MR) is 89.1 cm³/mol. The van der Waals surface area contributed by atoms with E-state index >= 15 is 0 Å². The summed E-state index contributed by atoms with van der Waals surface area (Å²) in [5.74, 6) is 0.981. The summed E-state index contributed by atoms with van der Waals surface area (Å²) >= 11 is 12.5. The van der Waals surface area contributed by atoms with E-state index in [9.17, 15) is 0 Å². The standard InChI is InChI=1S/C16H21Cl2N3/c1-3-7-19-15(13-11-12(17)5-6-14(13)18)16-20-8-10-21(16)9-4-2/h5-6,8,10-11,15,19H,3-4,7,9H2,1-2H3. The Bertz CT molecular complexity index is 581. The second-order valence-electron chi connectivity index (χ2n) is 5.03. The highest BCUT2D eigenvalue weighted by Gasteiger charge is 2.21. The van der Waals surface area contributed by atoms with E-state index in [0.717, 1.165) is 37.3 Å². The molecule has 1 unspecified atom stereocenters. The van der Waals surface area contributed by atoms with Crippen LogP contribution in [0.15, 0.2) is 30.6 Å². The molecule has 3 nitrogen and oxygen atoms in total. The van der Waals surface area contributed by atoms with Gasteiger partial charge < -0.3 is 9.88 Å². The van der Waals surface area contributed by atoms with Crippen molar-refractivity contribution in [2.45, 2.75) is 39.3 Å². The van der Waals surface area contributed by atoms with Gasteiger partial charge in [0.25, 0.3) is 0 Å². The molecule has 1 aromatic carbocycles. The van der Waals surface area contributed by atoms with E-state index in [4.69, 9.17) is 23.2 Å². The van der Waals surface area contributed by atoms with Gasteiger partial charge in [-0.05, 0) is 43.1 Å². The fourth-order valence-electron chi connectivity index (χ4n) is 2.38. The molecule has 0 aliphatic rings. The van der Waals surface area contributed by atoms with Crippen molar-refractivity contribution in [2.24, 2.45) is 0 Å². The first-order valence-corrected chi connectivity index (χ1v) is 8.12. The van der Waals surface area contributed by atoms with Crippen molar-refractivity contribution in [1.29, 1.82) is 0 Å². The lowest BCUT2D eigenvalue weighted by atomic mass is 10.1. The van der Waals surface area contributed by atoms with Gasteiger partial charge in [-0.25, -0.2) is 4.98 Å². The summed E-state index contributed by atoms with van der Waals surface area (Å²) in [5.41, 5.74) is 0.973. The first-order chi connectivity index (χ1) is 10.2. The number of benzene rings is 1. The molecule has 1 atom stereocenters. The summed E-state index contributed by atoms with van der Waals surface area (Å²) in [6, 6.07) is 5.52. The number of halogens is 2. The van der Waals surface area contributed by atoms with E-state index in [1.807, 2.05) is 30.6 Å². The van der Waals surface area contributed by atoms with Gasteiger partial charge in [-0.2, -0.15) is 0 Å². The van der Waals surface area contributed by atoms with E-state index < -0.39 is 0 Å². The second kappa shape index (κ2) is 7.83. The lowest BCUT2D eigenvalue weighted by molar-refractivity contribution is 0.530. The third kappa shape index (κ3) is 4.00. The molecule has 0 fully saturated rings. The molecule has 2 rings (SSSR count). The minimum atomic E-state index is -0.0438.